The molecule has 0 unspecified atom stereocenters. The minimum atomic E-state index is -0.131. The van der Waals surface area contributed by atoms with Gasteiger partial charge in [0, 0.05) is 17.1 Å². The summed E-state index contributed by atoms with van der Waals surface area (Å²) in [4.78, 5) is 16.1. The second-order valence-electron chi connectivity index (χ2n) is 6.64. The van der Waals surface area contributed by atoms with Gasteiger partial charge in [0.2, 0.25) is 5.91 Å². The van der Waals surface area contributed by atoms with Crippen molar-refractivity contribution in [1.82, 2.24) is 9.47 Å². The number of nitriles is 1. The number of furan rings is 1. The fourth-order valence-electron chi connectivity index (χ4n) is 3.16. The van der Waals surface area contributed by atoms with Crippen molar-refractivity contribution in [2.24, 2.45) is 0 Å². The van der Waals surface area contributed by atoms with Gasteiger partial charge in [-0.15, -0.1) is 11.3 Å². The van der Waals surface area contributed by atoms with Crippen molar-refractivity contribution < 1.29 is 9.21 Å². The Hall–Kier alpha value is -2.82. The standard InChI is InChI=1S/C21H24N4O2S/c1-4-24(13-18-8-6-10-28-18)14-20(26)23-21-19(11-22)15(2)16(3)25(21)12-17-7-5-9-27-17/h5-10H,4,12-14H2,1-3H3,(H,23,26). The molecule has 0 aliphatic heterocycles. The third-order valence-corrected chi connectivity index (χ3v) is 5.73. The Balaban J connectivity index is 1.79. The van der Waals surface area contributed by atoms with Crippen LogP contribution in [-0.4, -0.2) is 28.5 Å². The summed E-state index contributed by atoms with van der Waals surface area (Å²) in [5, 5.41) is 14.6. The van der Waals surface area contributed by atoms with Gasteiger partial charge < -0.3 is 14.3 Å². The molecule has 28 heavy (non-hydrogen) atoms. The van der Waals surface area contributed by atoms with Crippen LogP contribution in [0.2, 0.25) is 0 Å². The van der Waals surface area contributed by atoms with Crippen LogP contribution in [-0.2, 0) is 17.9 Å². The molecule has 0 saturated carbocycles. The van der Waals surface area contributed by atoms with E-state index in [0.29, 0.717) is 17.9 Å². The molecular formula is C21H24N4O2S. The number of anilines is 1. The lowest BCUT2D eigenvalue weighted by atomic mass is 10.2. The molecule has 7 heteroatoms. The Morgan fingerprint density at radius 3 is 2.79 bits per heavy atom. The Morgan fingerprint density at radius 2 is 2.18 bits per heavy atom. The van der Waals surface area contributed by atoms with E-state index in [1.807, 2.05) is 48.9 Å². The number of carbonyl (C=O) groups excluding carboxylic acids is 1. The summed E-state index contributed by atoms with van der Waals surface area (Å²) in [6, 6.07) is 10.0. The highest BCUT2D eigenvalue weighted by Crippen LogP contribution is 2.27. The lowest BCUT2D eigenvalue weighted by Crippen LogP contribution is -2.33. The first-order chi connectivity index (χ1) is 13.5. The minimum absolute atomic E-state index is 0.131. The first-order valence-electron chi connectivity index (χ1n) is 9.20. The van der Waals surface area contributed by atoms with Crippen LogP contribution in [0.5, 0.6) is 0 Å². The SMILES string of the molecule is CCN(CC(=O)Nc1c(C#N)c(C)c(C)n1Cc1ccco1)Cc1cccs1. The predicted molar refractivity (Wildman–Crippen MR) is 110 cm³/mol. The Labute approximate surface area is 169 Å². The van der Waals surface area contributed by atoms with Gasteiger partial charge in [0.05, 0.1) is 24.9 Å². The predicted octanol–water partition coefficient (Wildman–Crippen LogP) is 4.14. The van der Waals surface area contributed by atoms with E-state index in [9.17, 15) is 10.1 Å². The molecule has 0 atom stereocenters. The molecule has 0 fully saturated rings. The normalized spacial score (nSPS) is 11.0. The van der Waals surface area contributed by atoms with Gasteiger partial charge in [-0.1, -0.05) is 13.0 Å². The van der Waals surface area contributed by atoms with Gasteiger partial charge in [0.15, 0.2) is 0 Å². The van der Waals surface area contributed by atoms with E-state index >= 15 is 0 Å². The van der Waals surface area contributed by atoms with E-state index in [2.05, 4.69) is 22.4 Å². The number of nitrogens with zero attached hydrogens (tertiary/aromatic N) is 3. The van der Waals surface area contributed by atoms with Gasteiger partial charge in [0.25, 0.3) is 0 Å². The quantitative estimate of drug-likeness (QED) is 0.621. The van der Waals surface area contributed by atoms with Crippen molar-refractivity contribution in [3.63, 3.8) is 0 Å². The smallest absolute Gasteiger partial charge is 0.239 e. The van der Waals surface area contributed by atoms with E-state index in [1.54, 1.807) is 17.6 Å². The number of rotatable bonds is 8. The average Bonchev–Trinajstić information content (AvgIpc) is 3.41. The molecule has 3 aromatic heterocycles. The summed E-state index contributed by atoms with van der Waals surface area (Å²) in [7, 11) is 0. The summed E-state index contributed by atoms with van der Waals surface area (Å²) in [5.74, 6) is 1.17. The molecule has 0 aliphatic carbocycles. The highest BCUT2D eigenvalue weighted by atomic mass is 32.1. The lowest BCUT2D eigenvalue weighted by Gasteiger charge is -2.19. The van der Waals surface area contributed by atoms with Crippen LogP contribution in [0.3, 0.4) is 0 Å². The second kappa shape index (κ2) is 8.91. The van der Waals surface area contributed by atoms with Crippen LogP contribution < -0.4 is 5.32 Å². The number of hydrogen-bond acceptors (Lipinski definition) is 5. The lowest BCUT2D eigenvalue weighted by molar-refractivity contribution is -0.117. The topological polar surface area (TPSA) is 74.2 Å². The van der Waals surface area contributed by atoms with Crippen LogP contribution in [0.15, 0.2) is 40.3 Å². The zero-order chi connectivity index (χ0) is 20.1. The maximum absolute atomic E-state index is 12.8. The van der Waals surface area contributed by atoms with Crippen molar-refractivity contribution >= 4 is 23.1 Å². The van der Waals surface area contributed by atoms with Crippen LogP contribution in [0.4, 0.5) is 5.82 Å². The third-order valence-electron chi connectivity index (χ3n) is 4.87. The summed E-state index contributed by atoms with van der Waals surface area (Å²) in [6.45, 7) is 8.11. The van der Waals surface area contributed by atoms with Gasteiger partial charge in [-0.25, -0.2) is 0 Å². The number of thiophene rings is 1. The maximum Gasteiger partial charge on any atom is 0.239 e. The number of aromatic nitrogens is 1. The van der Waals surface area contributed by atoms with Crippen molar-refractivity contribution in [3.8, 4) is 6.07 Å². The zero-order valence-electron chi connectivity index (χ0n) is 16.4. The van der Waals surface area contributed by atoms with Crippen LogP contribution in [0.1, 0.15) is 34.4 Å². The molecule has 3 heterocycles. The van der Waals surface area contributed by atoms with Gasteiger partial charge in [0.1, 0.15) is 17.6 Å². The van der Waals surface area contributed by atoms with Crippen LogP contribution >= 0.6 is 11.3 Å². The van der Waals surface area contributed by atoms with E-state index in [-0.39, 0.29) is 12.5 Å². The van der Waals surface area contributed by atoms with Crippen molar-refractivity contribution in [1.29, 1.82) is 5.26 Å². The molecule has 3 aromatic rings. The fourth-order valence-corrected chi connectivity index (χ4v) is 3.91. The van der Waals surface area contributed by atoms with Crippen molar-refractivity contribution in [2.45, 2.75) is 33.9 Å². The zero-order valence-corrected chi connectivity index (χ0v) is 17.2. The van der Waals surface area contributed by atoms with Gasteiger partial charge in [-0.05, 0) is 49.5 Å². The molecule has 3 rings (SSSR count). The largest absolute Gasteiger partial charge is 0.467 e. The molecule has 0 aliphatic rings. The number of amides is 1. The van der Waals surface area contributed by atoms with E-state index in [4.69, 9.17) is 4.42 Å². The molecule has 146 valence electrons. The van der Waals surface area contributed by atoms with E-state index in [0.717, 1.165) is 30.1 Å². The van der Waals surface area contributed by atoms with E-state index < -0.39 is 0 Å². The molecule has 6 nitrogen and oxygen atoms in total. The Morgan fingerprint density at radius 1 is 1.36 bits per heavy atom. The van der Waals surface area contributed by atoms with Crippen LogP contribution in [0.25, 0.3) is 0 Å². The van der Waals surface area contributed by atoms with Gasteiger partial charge in [-0.2, -0.15) is 5.26 Å². The molecule has 0 aromatic carbocycles. The fraction of sp³-hybridized carbons (Fsp3) is 0.333. The van der Waals surface area contributed by atoms with Gasteiger partial charge >= 0.3 is 0 Å². The highest BCUT2D eigenvalue weighted by Gasteiger charge is 2.21. The average molecular weight is 397 g/mol. The summed E-state index contributed by atoms with van der Waals surface area (Å²) >= 11 is 1.68. The molecule has 1 N–H and O–H groups in total. The molecule has 0 saturated heterocycles. The van der Waals surface area contributed by atoms with E-state index in [1.165, 1.54) is 4.88 Å². The summed E-state index contributed by atoms with van der Waals surface area (Å²) in [5.41, 5.74) is 2.31. The molecule has 0 spiro atoms. The van der Waals surface area contributed by atoms with Gasteiger partial charge in [-0.3, -0.25) is 9.69 Å². The molecule has 1 amide bonds. The molecule has 0 radical (unpaired) electrons. The summed E-state index contributed by atoms with van der Waals surface area (Å²) in [6.07, 6.45) is 1.62. The van der Waals surface area contributed by atoms with Crippen molar-refractivity contribution in [3.05, 3.63) is 63.4 Å². The maximum atomic E-state index is 12.8. The second-order valence-corrected chi connectivity index (χ2v) is 7.67. The Kier molecular flexibility index (Phi) is 6.34. The first kappa shape index (κ1) is 19.9. The monoisotopic (exact) mass is 396 g/mol. The minimum Gasteiger partial charge on any atom is -0.467 e. The molecule has 0 bridgehead atoms. The first-order valence-corrected chi connectivity index (χ1v) is 10.1. The van der Waals surface area contributed by atoms with Crippen LogP contribution in [0, 0.1) is 25.2 Å². The number of likely N-dealkylation sites (N-methyl/N-ethyl adjacent to an activating group) is 1. The third kappa shape index (κ3) is 4.35. The molecular weight excluding hydrogens is 372 g/mol. The highest BCUT2D eigenvalue weighted by molar-refractivity contribution is 7.09. The summed E-state index contributed by atoms with van der Waals surface area (Å²) < 4.78 is 7.38. The Bertz CT molecular complexity index is 965. The number of nitrogens with one attached hydrogen (secondary N) is 1. The number of carbonyl (C=O) groups is 1. The van der Waals surface area contributed by atoms with Crippen molar-refractivity contribution in [2.75, 3.05) is 18.4 Å². The number of hydrogen-bond donors (Lipinski definition) is 1.